The molecule has 2 fully saturated rings. The summed E-state index contributed by atoms with van der Waals surface area (Å²) in [4.78, 5) is 12.4. The quantitative estimate of drug-likeness (QED) is 0.0688. The van der Waals surface area contributed by atoms with Crippen molar-refractivity contribution in [2.75, 3.05) is 13.2 Å². The van der Waals surface area contributed by atoms with Crippen LogP contribution in [0.5, 0.6) is 34.5 Å². The van der Waals surface area contributed by atoms with Crippen molar-refractivity contribution in [3.05, 3.63) is 83.1 Å². The van der Waals surface area contributed by atoms with Crippen LogP contribution in [0.25, 0.3) is 12.2 Å². The van der Waals surface area contributed by atoms with Gasteiger partial charge in [-0.05, 0) is 42.0 Å². The van der Waals surface area contributed by atoms with Crippen LogP contribution >= 0.6 is 0 Å². The molecule has 0 saturated carbocycles. The molecule has 0 radical (unpaired) electrons. The second-order valence-corrected chi connectivity index (χ2v) is 12.7. The fourth-order valence-corrected chi connectivity index (χ4v) is 5.90. The van der Waals surface area contributed by atoms with Gasteiger partial charge in [-0.2, -0.15) is 0 Å². The van der Waals surface area contributed by atoms with Gasteiger partial charge in [-0.15, -0.1) is 0 Å². The lowest BCUT2D eigenvalue weighted by atomic mass is 9.98. The standard InChI is InChI=1S/C36H38O18/c37-13-25-28(43)30(45)32(47)36(53-25)52-24-12-19-22(50-34(24)16-4-7-20(40)21(41)9-16)10-18(39)11-23(19)51-35-33(48)31(46)29(44)26(54-35)14-49-27(42)8-3-15-1-5-17(38)6-2-15/h1-12,25-26,28-41,43-48H,13-14H2/b8-3+/t25-,26-,28+,29+,30-,31-,32+,33-,34?,35+,36+/m0/s1. The van der Waals surface area contributed by atoms with E-state index in [2.05, 4.69) is 0 Å². The van der Waals surface area contributed by atoms with Gasteiger partial charge in [-0.1, -0.05) is 18.2 Å². The fraction of sp³-hybridized carbons (Fsp3) is 0.361. The summed E-state index contributed by atoms with van der Waals surface area (Å²) in [6.07, 6.45) is -14.5. The highest BCUT2D eigenvalue weighted by Gasteiger charge is 2.47. The number of esters is 1. The summed E-state index contributed by atoms with van der Waals surface area (Å²) in [5, 5.41) is 113. The fourth-order valence-electron chi connectivity index (χ4n) is 5.90. The molecule has 1 unspecified atom stereocenters. The van der Waals surface area contributed by atoms with E-state index in [-0.39, 0.29) is 34.1 Å². The predicted molar refractivity (Wildman–Crippen MR) is 179 cm³/mol. The normalized spacial score (nSPS) is 30.9. The Balaban J connectivity index is 1.26. The summed E-state index contributed by atoms with van der Waals surface area (Å²) in [6.45, 7) is -1.35. The number of hydrogen-bond donors (Lipinski definition) is 11. The number of aliphatic hydroxyl groups excluding tert-OH is 7. The van der Waals surface area contributed by atoms with Crippen LogP contribution in [-0.2, 0) is 23.7 Å². The maximum Gasteiger partial charge on any atom is 0.330 e. The van der Waals surface area contributed by atoms with E-state index in [0.29, 0.717) is 5.56 Å². The molecule has 0 bridgehead atoms. The van der Waals surface area contributed by atoms with Crippen LogP contribution in [0.1, 0.15) is 22.8 Å². The smallest absolute Gasteiger partial charge is 0.330 e. The molecule has 0 spiro atoms. The van der Waals surface area contributed by atoms with Crippen molar-refractivity contribution in [3.63, 3.8) is 0 Å². The van der Waals surface area contributed by atoms with Crippen LogP contribution in [0, 0.1) is 0 Å². The van der Waals surface area contributed by atoms with Gasteiger partial charge in [0, 0.05) is 23.8 Å². The van der Waals surface area contributed by atoms with Crippen molar-refractivity contribution in [1.29, 1.82) is 0 Å². The molecule has 11 atom stereocenters. The number of benzene rings is 3. The molecule has 0 aromatic heterocycles. The summed E-state index contributed by atoms with van der Waals surface area (Å²) in [6, 6.07) is 11.9. The number of hydrogen-bond acceptors (Lipinski definition) is 18. The number of carbonyl (C=O) groups excluding carboxylic acids is 1. The summed E-state index contributed by atoms with van der Waals surface area (Å²) in [5.41, 5.74) is 0.772. The summed E-state index contributed by atoms with van der Waals surface area (Å²) in [5.74, 6) is -2.71. The van der Waals surface area contributed by atoms with Gasteiger partial charge in [0.05, 0.1) is 12.2 Å². The first-order chi connectivity index (χ1) is 25.7. The molecule has 3 heterocycles. The monoisotopic (exact) mass is 758 g/mol. The molecule has 3 aromatic rings. The summed E-state index contributed by atoms with van der Waals surface area (Å²) < 4.78 is 34.4. The molecule has 290 valence electrons. The van der Waals surface area contributed by atoms with Gasteiger partial charge in [0.2, 0.25) is 12.6 Å². The zero-order chi connectivity index (χ0) is 38.8. The van der Waals surface area contributed by atoms with Crippen LogP contribution in [0.4, 0.5) is 0 Å². The Morgan fingerprint density at radius 3 is 2.02 bits per heavy atom. The molecule has 0 amide bonds. The second kappa shape index (κ2) is 16.1. The van der Waals surface area contributed by atoms with Crippen molar-refractivity contribution < 1.29 is 89.4 Å². The molecule has 11 N–H and O–H groups in total. The summed E-state index contributed by atoms with van der Waals surface area (Å²) >= 11 is 0. The molecule has 54 heavy (non-hydrogen) atoms. The molecule has 2 saturated heterocycles. The molecule has 18 heteroatoms. The molecule has 3 aromatic carbocycles. The minimum Gasteiger partial charge on any atom is -0.508 e. The minimum absolute atomic E-state index is 0.0189. The van der Waals surface area contributed by atoms with Gasteiger partial charge in [0.1, 0.15) is 84.2 Å². The largest absolute Gasteiger partial charge is 0.508 e. The van der Waals surface area contributed by atoms with E-state index in [4.69, 9.17) is 28.4 Å². The van der Waals surface area contributed by atoms with Crippen molar-refractivity contribution in [3.8, 4) is 34.5 Å². The van der Waals surface area contributed by atoms with E-state index in [1.165, 1.54) is 36.4 Å². The minimum atomic E-state index is -1.88. The number of ether oxygens (including phenoxy) is 6. The van der Waals surface area contributed by atoms with Crippen molar-refractivity contribution in [1.82, 2.24) is 0 Å². The average molecular weight is 759 g/mol. The van der Waals surface area contributed by atoms with Gasteiger partial charge in [-0.25, -0.2) is 4.79 Å². The lowest BCUT2D eigenvalue weighted by Crippen LogP contribution is -2.60. The molecular formula is C36H38O18. The first kappa shape index (κ1) is 38.6. The number of carbonyl (C=O) groups is 1. The maximum atomic E-state index is 12.4. The predicted octanol–water partition coefficient (Wildman–Crippen LogP) is -0.757. The lowest BCUT2D eigenvalue weighted by Gasteiger charge is -2.41. The van der Waals surface area contributed by atoms with Crippen molar-refractivity contribution >= 4 is 18.1 Å². The Labute approximate surface area is 305 Å². The SMILES string of the molecule is O=C(/C=C/c1ccc(O)cc1)OC[C@@H]1O[C@@H](Oc2cc(O)cc3c2C=C(O[C@@H]2O[C@@H](CO)[C@@H](O)[C@H](O)[C@H]2O)C(c2ccc(O)c(O)c2)O3)[C@@H](O)[C@@H](O)[C@@H]1O. The van der Waals surface area contributed by atoms with Crippen LogP contribution in [0.3, 0.4) is 0 Å². The number of phenolic OH excluding ortho intramolecular Hbond substituents is 4. The van der Waals surface area contributed by atoms with Crippen LogP contribution in [0.15, 0.2) is 66.4 Å². The van der Waals surface area contributed by atoms with E-state index < -0.39 is 104 Å². The lowest BCUT2D eigenvalue weighted by molar-refractivity contribution is -0.293. The van der Waals surface area contributed by atoms with E-state index in [1.54, 1.807) is 12.1 Å². The maximum absolute atomic E-state index is 12.4. The van der Waals surface area contributed by atoms with Crippen LogP contribution < -0.4 is 9.47 Å². The second-order valence-electron chi connectivity index (χ2n) is 12.7. The van der Waals surface area contributed by atoms with Crippen molar-refractivity contribution in [2.24, 2.45) is 0 Å². The topological polar surface area (TPSA) is 295 Å². The first-order valence-corrected chi connectivity index (χ1v) is 16.5. The van der Waals surface area contributed by atoms with Gasteiger partial charge in [0.25, 0.3) is 0 Å². The zero-order valence-electron chi connectivity index (χ0n) is 28.0. The Morgan fingerprint density at radius 1 is 0.704 bits per heavy atom. The number of fused-ring (bicyclic) bond motifs is 1. The van der Waals surface area contributed by atoms with Crippen LogP contribution in [0.2, 0.25) is 0 Å². The number of phenols is 4. The van der Waals surface area contributed by atoms with E-state index in [0.717, 1.165) is 24.3 Å². The number of aromatic hydroxyl groups is 4. The van der Waals surface area contributed by atoms with Gasteiger partial charge >= 0.3 is 5.97 Å². The number of rotatable bonds is 10. The Morgan fingerprint density at radius 2 is 1.35 bits per heavy atom. The third kappa shape index (κ3) is 8.16. The average Bonchev–Trinajstić information content (AvgIpc) is 3.15. The highest BCUT2D eigenvalue weighted by Crippen LogP contribution is 2.46. The summed E-state index contributed by atoms with van der Waals surface area (Å²) in [7, 11) is 0. The highest BCUT2D eigenvalue weighted by atomic mass is 16.7. The van der Waals surface area contributed by atoms with Crippen LogP contribution in [-0.4, -0.2) is 137 Å². The Bertz CT molecular complexity index is 1860. The Kier molecular flexibility index (Phi) is 11.5. The zero-order valence-corrected chi connectivity index (χ0v) is 28.0. The number of aliphatic hydroxyl groups is 7. The molecule has 0 aliphatic carbocycles. The molecule has 18 nitrogen and oxygen atoms in total. The third-order valence-corrected chi connectivity index (χ3v) is 8.89. The van der Waals surface area contributed by atoms with E-state index >= 15 is 0 Å². The van der Waals surface area contributed by atoms with Crippen molar-refractivity contribution in [2.45, 2.75) is 67.5 Å². The molecule has 3 aliphatic heterocycles. The van der Waals surface area contributed by atoms with Gasteiger partial charge in [0.15, 0.2) is 17.6 Å². The van der Waals surface area contributed by atoms with E-state index in [9.17, 15) is 61.0 Å². The van der Waals surface area contributed by atoms with Gasteiger partial charge < -0.3 is 84.6 Å². The Hall–Kier alpha value is -5.15. The first-order valence-electron chi connectivity index (χ1n) is 16.5. The molecule has 6 rings (SSSR count). The van der Waals surface area contributed by atoms with E-state index in [1.807, 2.05) is 0 Å². The molecular weight excluding hydrogens is 720 g/mol. The molecule has 3 aliphatic rings. The van der Waals surface area contributed by atoms with Gasteiger partial charge in [-0.3, -0.25) is 0 Å². The third-order valence-electron chi connectivity index (χ3n) is 8.89. The highest BCUT2D eigenvalue weighted by molar-refractivity contribution is 5.87.